The molecule has 0 fully saturated rings. The smallest absolute Gasteiger partial charge is 0.191 e. The third kappa shape index (κ3) is 8.21. The topological polar surface area (TPSA) is 45.7 Å². The quantitative estimate of drug-likeness (QED) is 0.432. The predicted octanol–water partition coefficient (Wildman–Crippen LogP) is 2.92. The average molecular weight is 409 g/mol. The maximum absolute atomic E-state index is 12.8. The number of hydrogen-bond acceptors (Lipinski definition) is 2. The standard InChI is InChI=1S/C15H24FN3O.HI/c1-5-17-14(19-11-15(2,3)20-4)18-10-12-6-8-13(16)9-7-12;/h6-9H,5,10-11H2,1-4H3,(H2,17,18,19);1H. The largest absolute Gasteiger partial charge is 0.377 e. The second-order valence-corrected chi connectivity index (χ2v) is 5.14. The Morgan fingerprint density at radius 3 is 2.38 bits per heavy atom. The lowest BCUT2D eigenvalue weighted by atomic mass is 10.1. The summed E-state index contributed by atoms with van der Waals surface area (Å²) in [6.07, 6.45) is 0. The maximum Gasteiger partial charge on any atom is 0.191 e. The van der Waals surface area contributed by atoms with E-state index >= 15 is 0 Å². The van der Waals surface area contributed by atoms with E-state index in [-0.39, 0.29) is 35.4 Å². The summed E-state index contributed by atoms with van der Waals surface area (Å²) in [5.41, 5.74) is 0.709. The molecule has 0 saturated carbocycles. The molecule has 2 N–H and O–H groups in total. The lowest BCUT2D eigenvalue weighted by molar-refractivity contribution is 0.0268. The van der Waals surface area contributed by atoms with E-state index in [0.717, 1.165) is 18.1 Å². The maximum atomic E-state index is 12.8. The first-order valence-corrected chi connectivity index (χ1v) is 6.78. The minimum Gasteiger partial charge on any atom is -0.377 e. The van der Waals surface area contributed by atoms with Gasteiger partial charge in [0.15, 0.2) is 5.96 Å². The van der Waals surface area contributed by atoms with Crippen molar-refractivity contribution in [3.63, 3.8) is 0 Å². The van der Waals surface area contributed by atoms with E-state index < -0.39 is 0 Å². The first-order valence-electron chi connectivity index (χ1n) is 6.78. The van der Waals surface area contributed by atoms with Crippen molar-refractivity contribution in [1.82, 2.24) is 10.6 Å². The van der Waals surface area contributed by atoms with Crippen LogP contribution in [0.4, 0.5) is 4.39 Å². The molecule has 1 aromatic carbocycles. The summed E-state index contributed by atoms with van der Waals surface area (Å²) >= 11 is 0. The van der Waals surface area contributed by atoms with Gasteiger partial charge in [0.25, 0.3) is 0 Å². The summed E-state index contributed by atoms with van der Waals surface area (Å²) in [5, 5.41) is 6.40. The third-order valence-electron chi connectivity index (χ3n) is 2.91. The minimum atomic E-state index is -0.258. The van der Waals surface area contributed by atoms with E-state index in [1.54, 1.807) is 19.2 Å². The summed E-state index contributed by atoms with van der Waals surface area (Å²) in [7, 11) is 1.68. The Hall–Kier alpha value is -0.890. The van der Waals surface area contributed by atoms with Gasteiger partial charge < -0.3 is 15.4 Å². The van der Waals surface area contributed by atoms with E-state index in [0.29, 0.717) is 13.1 Å². The fourth-order valence-electron chi connectivity index (χ4n) is 1.47. The number of guanidine groups is 1. The molecule has 1 rings (SSSR count). The van der Waals surface area contributed by atoms with Crippen molar-refractivity contribution < 1.29 is 9.13 Å². The zero-order chi connectivity index (χ0) is 15.0. The van der Waals surface area contributed by atoms with Gasteiger partial charge in [-0.3, -0.25) is 0 Å². The Bertz CT molecular complexity index is 435. The first kappa shape index (κ1) is 20.1. The highest BCUT2D eigenvalue weighted by molar-refractivity contribution is 14.0. The summed E-state index contributed by atoms with van der Waals surface area (Å²) < 4.78 is 18.2. The van der Waals surface area contributed by atoms with Crippen LogP contribution in [0, 0.1) is 5.82 Å². The fraction of sp³-hybridized carbons (Fsp3) is 0.533. The molecular formula is C15H25FIN3O. The van der Waals surface area contributed by atoms with E-state index in [1.165, 1.54) is 12.1 Å². The number of ether oxygens (including phenoxy) is 1. The SMILES string of the molecule is CCNC(=NCc1ccc(F)cc1)NCC(C)(C)OC.I. The van der Waals surface area contributed by atoms with Crippen LogP contribution in [-0.4, -0.2) is 31.8 Å². The monoisotopic (exact) mass is 409 g/mol. The van der Waals surface area contributed by atoms with E-state index in [1.807, 2.05) is 20.8 Å². The molecule has 0 saturated heterocycles. The van der Waals surface area contributed by atoms with E-state index in [2.05, 4.69) is 15.6 Å². The number of nitrogens with one attached hydrogen (secondary N) is 2. The van der Waals surface area contributed by atoms with Crippen LogP contribution >= 0.6 is 24.0 Å². The van der Waals surface area contributed by atoms with Gasteiger partial charge in [0, 0.05) is 20.2 Å². The molecule has 0 aromatic heterocycles. The van der Waals surface area contributed by atoms with Gasteiger partial charge in [-0.1, -0.05) is 12.1 Å². The molecule has 0 spiro atoms. The molecule has 1 aromatic rings. The van der Waals surface area contributed by atoms with Gasteiger partial charge in [0.1, 0.15) is 5.82 Å². The van der Waals surface area contributed by atoms with Crippen molar-refractivity contribution >= 4 is 29.9 Å². The second kappa shape index (κ2) is 9.94. The molecule has 6 heteroatoms. The van der Waals surface area contributed by atoms with E-state index in [9.17, 15) is 4.39 Å². The van der Waals surface area contributed by atoms with Gasteiger partial charge in [0.2, 0.25) is 0 Å². The van der Waals surface area contributed by atoms with Crippen LogP contribution in [0.15, 0.2) is 29.3 Å². The molecule has 0 aliphatic heterocycles. The molecule has 0 radical (unpaired) electrons. The van der Waals surface area contributed by atoms with Gasteiger partial charge in [-0.2, -0.15) is 0 Å². The first-order chi connectivity index (χ1) is 9.46. The van der Waals surface area contributed by atoms with Crippen molar-refractivity contribution in [2.75, 3.05) is 20.2 Å². The highest BCUT2D eigenvalue weighted by Gasteiger charge is 2.16. The normalized spacial score (nSPS) is 11.8. The van der Waals surface area contributed by atoms with Crippen molar-refractivity contribution in [2.24, 2.45) is 4.99 Å². The number of aliphatic imine (C=N–C) groups is 1. The summed E-state index contributed by atoms with van der Waals surface area (Å²) in [6.45, 7) is 7.95. The van der Waals surface area contributed by atoms with Crippen LogP contribution in [-0.2, 0) is 11.3 Å². The average Bonchev–Trinajstić information content (AvgIpc) is 2.44. The molecular weight excluding hydrogens is 384 g/mol. The van der Waals surface area contributed by atoms with Crippen LogP contribution in [0.2, 0.25) is 0 Å². The number of rotatable bonds is 6. The molecule has 4 nitrogen and oxygen atoms in total. The molecule has 0 unspecified atom stereocenters. The number of halogens is 2. The Kier molecular flexibility index (Phi) is 9.52. The molecule has 0 aliphatic rings. The summed E-state index contributed by atoms with van der Waals surface area (Å²) in [4.78, 5) is 4.47. The molecule has 120 valence electrons. The van der Waals surface area contributed by atoms with Crippen molar-refractivity contribution in [1.29, 1.82) is 0 Å². The van der Waals surface area contributed by atoms with Crippen LogP contribution in [0.3, 0.4) is 0 Å². The Morgan fingerprint density at radius 2 is 1.86 bits per heavy atom. The summed E-state index contributed by atoms with van der Waals surface area (Å²) in [6, 6.07) is 6.36. The number of nitrogens with zero attached hydrogens (tertiary/aromatic N) is 1. The molecule has 0 aliphatic carbocycles. The van der Waals surface area contributed by atoms with Crippen molar-refractivity contribution in [3.05, 3.63) is 35.6 Å². The third-order valence-corrected chi connectivity index (χ3v) is 2.91. The molecule has 0 bridgehead atoms. The Labute approximate surface area is 143 Å². The second-order valence-electron chi connectivity index (χ2n) is 5.14. The lowest BCUT2D eigenvalue weighted by Crippen LogP contribution is -2.45. The molecule has 0 amide bonds. The predicted molar refractivity (Wildman–Crippen MR) is 95.7 cm³/mol. The van der Waals surface area contributed by atoms with Crippen LogP contribution in [0.1, 0.15) is 26.3 Å². The molecule has 21 heavy (non-hydrogen) atoms. The van der Waals surface area contributed by atoms with Crippen LogP contribution < -0.4 is 10.6 Å². The Morgan fingerprint density at radius 1 is 1.24 bits per heavy atom. The number of benzene rings is 1. The van der Waals surface area contributed by atoms with Crippen LogP contribution in [0.5, 0.6) is 0 Å². The highest BCUT2D eigenvalue weighted by atomic mass is 127. The fourth-order valence-corrected chi connectivity index (χ4v) is 1.47. The highest BCUT2D eigenvalue weighted by Crippen LogP contribution is 2.05. The Balaban J connectivity index is 0.00000400. The lowest BCUT2D eigenvalue weighted by Gasteiger charge is -2.24. The zero-order valence-electron chi connectivity index (χ0n) is 13.1. The summed E-state index contributed by atoms with van der Waals surface area (Å²) in [5.74, 6) is 0.492. The minimum absolute atomic E-state index is 0. The van der Waals surface area contributed by atoms with Gasteiger partial charge in [-0.15, -0.1) is 24.0 Å². The number of hydrogen-bond donors (Lipinski definition) is 2. The van der Waals surface area contributed by atoms with Gasteiger partial charge in [-0.25, -0.2) is 9.38 Å². The molecule has 0 heterocycles. The number of methoxy groups -OCH3 is 1. The van der Waals surface area contributed by atoms with Gasteiger partial charge >= 0.3 is 0 Å². The molecule has 0 atom stereocenters. The van der Waals surface area contributed by atoms with E-state index in [4.69, 9.17) is 4.74 Å². The van der Waals surface area contributed by atoms with Crippen molar-refractivity contribution in [3.8, 4) is 0 Å². The zero-order valence-corrected chi connectivity index (χ0v) is 15.4. The van der Waals surface area contributed by atoms with Crippen molar-refractivity contribution in [2.45, 2.75) is 32.9 Å². The van der Waals surface area contributed by atoms with Gasteiger partial charge in [-0.05, 0) is 38.5 Å². The van der Waals surface area contributed by atoms with Gasteiger partial charge in [0.05, 0.1) is 12.1 Å². The van der Waals surface area contributed by atoms with Crippen LogP contribution in [0.25, 0.3) is 0 Å².